The Kier molecular flexibility index (Phi) is 6.63. The van der Waals surface area contributed by atoms with E-state index in [9.17, 15) is 9.59 Å². The highest BCUT2D eigenvalue weighted by molar-refractivity contribution is 5.90. The predicted octanol–water partition coefficient (Wildman–Crippen LogP) is 1.95. The summed E-state index contributed by atoms with van der Waals surface area (Å²) in [6.07, 6.45) is 5.65. The van der Waals surface area contributed by atoms with Gasteiger partial charge in [-0.2, -0.15) is 0 Å². The van der Waals surface area contributed by atoms with E-state index in [2.05, 4.69) is 15.6 Å². The van der Waals surface area contributed by atoms with Gasteiger partial charge in [0.2, 0.25) is 0 Å². The fourth-order valence-electron chi connectivity index (χ4n) is 1.98. The Bertz CT molecular complexity index is 658. The number of carboxylic acids is 1. The SMILES string of the molecule is O=C(O)CCCNC(=O)Nc1ccccc1OCCn1ccnc1. The van der Waals surface area contributed by atoms with Gasteiger partial charge < -0.3 is 25.0 Å². The zero-order valence-corrected chi connectivity index (χ0v) is 13.1. The van der Waals surface area contributed by atoms with Crippen molar-refractivity contribution < 1.29 is 19.4 Å². The standard InChI is InChI=1S/C16H20N4O4/c21-15(22)6-3-7-18-16(23)19-13-4-1-2-5-14(13)24-11-10-20-9-8-17-12-20/h1-2,4-5,8-9,12H,3,6-7,10-11H2,(H,21,22)(H2,18,19,23). The molecule has 0 spiro atoms. The van der Waals surface area contributed by atoms with Crippen molar-refractivity contribution in [3.05, 3.63) is 43.0 Å². The maximum absolute atomic E-state index is 11.8. The van der Waals surface area contributed by atoms with Crippen LogP contribution in [-0.4, -0.2) is 39.8 Å². The molecule has 0 unspecified atom stereocenters. The zero-order chi connectivity index (χ0) is 17.2. The van der Waals surface area contributed by atoms with Gasteiger partial charge in [0.15, 0.2) is 0 Å². The van der Waals surface area contributed by atoms with Gasteiger partial charge in [-0.25, -0.2) is 9.78 Å². The number of imidazole rings is 1. The first-order valence-corrected chi connectivity index (χ1v) is 7.59. The average molecular weight is 332 g/mol. The van der Waals surface area contributed by atoms with Crippen molar-refractivity contribution >= 4 is 17.7 Å². The fraction of sp³-hybridized carbons (Fsp3) is 0.312. The number of hydrogen-bond donors (Lipinski definition) is 3. The van der Waals surface area contributed by atoms with Gasteiger partial charge >= 0.3 is 12.0 Å². The number of nitrogens with one attached hydrogen (secondary N) is 2. The van der Waals surface area contributed by atoms with Gasteiger partial charge in [-0.1, -0.05) is 12.1 Å². The van der Waals surface area contributed by atoms with Crippen molar-refractivity contribution in [1.82, 2.24) is 14.9 Å². The molecule has 1 aromatic carbocycles. The smallest absolute Gasteiger partial charge is 0.319 e. The summed E-state index contributed by atoms with van der Waals surface area (Å²) in [5.41, 5.74) is 0.555. The Morgan fingerprint density at radius 1 is 1.29 bits per heavy atom. The van der Waals surface area contributed by atoms with Crippen LogP contribution in [0.4, 0.5) is 10.5 Å². The van der Waals surface area contributed by atoms with Gasteiger partial charge in [-0.15, -0.1) is 0 Å². The van der Waals surface area contributed by atoms with E-state index in [1.165, 1.54) is 0 Å². The first-order chi connectivity index (χ1) is 11.6. The summed E-state index contributed by atoms with van der Waals surface area (Å²) in [6.45, 7) is 1.38. The molecule has 2 amide bonds. The van der Waals surface area contributed by atoms with Crippen LogP contribution in [0.1, 0.15) is 12.8 Å². The number of aliphatic carboxylic acids is 1. The Labute approximate surface area is 139 Å². The van der Waals surface area contributed by atoms with Gasteiger partial charge in [0, 0.05) is 25.4 Å². The second kappa shape index (κ2) is 9.19. The van der Waals surface area contributed by atoms with E-state index in [-0.39, 0.29) is 6.42 Å². The molecule has 0 bridgehead atoms. The number of ether oxygens (including phenoxy) is 1. The third kappa shape index (κ3) is 5.99. The number of carboxylic acid groups (broad SMARTS) is 1. The van der Waals surface area contributed by atoms with Crippen LogP contribution in [0, 0.1) is 0 Å². The number of para-hydroxylation sites is 2. The predicted molar refractivity (Wildman–Crippen MR) is 88.1 cm³/mol. The van der Waals surface area contributed by atoms with Crippen LogP contribution in [0.5, 0.6) is 5.75 Å². The number of anilines is 1. The number of rotatable bonds is 9. The van der Waals surface area contributed by atoms with Gasteiger partial charge in [0.25, 0.3) is 0 Å². The second-order valence-corrected chi connectivity index (χ2v) is 5.02. The number of urea groups is 1. The molecule has 1 aromatic heterocycles. The van der Waals surface area contributed by atoms with E-state index in [0.717, 1.165) is 0 Å². The highest BCUT2D eigenvalue weighted by atomic mass is 16.5. The maximum atomic E-state index is 11.8. The molecular formula is C16H20N4O4. The van der Waals surface area contributed by atoms with Crippen LogP contribution >= 0.6 is 0 Å². The summed E-state index contributed by atoms with van der Waals surface area (Å²) in [4.78, 5) is 26.2. The quantitative estimate of drug-likeness (QED) is 0.609. The minimum atomic E-state index is -0.881. The number of aromatic nitrogens is 2. The minimum Gasteiger partial charge on any atom is -0.490 e. The molecule has 0 fully saturated rings. The number of carbonyl (C=O) groups is 2. The Morgan fingerprint density at radius 2 is 2.12 bits per heavy atom. The molecule has 0 radical (unpaired) electrons. The molecule has 128 valence electrons. The van der Waals surface area contributed by atoms with Crippen molar-refractivity contribution in [2.75, 3.05) is 18.5 Å². The number of benzene rings is 1. The number of hydrogen-bond acceptors (Lipinski definition) is 4. The van der Waals surface area contributed by atoms with Gasteiger partial charge in [0.05, 0.1) is 18.6 Å². The van der Waals surface area contributed by atoms with Crippen molar-refractivity contribution in [2.45, 2.75) is 19.4 Å². The van der Waals surface area contributed by atoms with Crippen LogP contribution < -0.4 is 15.4 Å². The van der Waals surface area contributed by atoms with Gasteiger partial charge in [-0.05, 0) is 18.6 Å². The molecule has 2 rings (SSSR count). The molecule has 0 atom stereocenters. The van der Waals surface area contributed by atoms with E-state index >= 15 is 0 Å². The lowest BCUT2D eigenvalue weighted by Gasteiger charge is -2.13. The van der Waals surface area contributed by atoms with Crippen molar-refractivity contribution in [3.63, 3.8) is 0 Å². The van der Waals surface area contributed by atoms with Crippen molar-refractivity contribution in [3.8, 4) is 5.75 Å². The molecule has 0 aliphatic heterocycles. The summed E-state index contributed by atoms with van der Waals surface area (Å²) in [5.74, 6) is -0.313. The lowest BCUT2D eigenvalue weighted by molar-refractivity contribution is -0.137. The summed E-state index contributed by atoms with van der Waals surface area (Å²) in [6, 6.07) is 6.73. The number of amides is 2. The van der Waals surface area contributed by atoms with Crippen LogP contribution in [-0.2, 0) is 11.3 Å². The molecule has 0 aliphatic rings. The summed E-state index contributed by atoms with van der Waals surface area (Å²) < 4.78 is 7.59. The minimum absolute atomic E-state index is 0.0221. The largest absolute Gasteiger partial charge is 0.490 e. The summed E-state index contributed by atoms with van der Waals surface area (Å²) >= 11 is 0. The number of carbonyl (C=O) groups excluding carboxylic acids is 1. The first kappa shape index (κ1) is 17.3. The molecule has 0 saturated heterocycles. The first-order valence-electron chi connectivity index (χ1n) is 7.59. The molecule has 8 heteroatoms. The second-order valence-electron chi connectivity index (χ2n) is 5.02. The topological polar surface area (TPSA) is 105 Å². The fourth-order valence-corrected chi connectivity index (χ4v) is 1.98. The Hall–Kier alpha value is -3.03. The molecular weight excluding hydrogens is 312 g/mol. The van der Waals surface area contributed by atoms with Crippen LogP contribution in [0.3, 0.4) is 0 Å². The van der Waals surface area contributed by atoms with Crippen LogP contribution in [0.2, 0.25) is 0 Å². The van der Waals surface area contributed by atoms with Gasteiger partial charge in [-0.3, -0.25) is 4.79 Å². The summed E-state index contributed by atoms with van der Waals surface area (Å²) in [7, 11) is 0. The molecule has 8 nitrogen and oxygen atoms in total. The third-order valence-electron chi connectivity index (χ3n) is 3.15. The number of nitrogens with zero attached hydrogens (tertiary/aromatic N) is 2. The van der Waals surface area contributed by atoms with E-state index in [1.54, 1.807) is 30.7 Å². The van der Waals surface area contributed by atoms with Crippen LogP contribution in [0.15, 0.2) is 43.0 Å². The molecule has 0 saturated carbocycles. The van der Waals surface area contributed by atoms with E-state index in [1.807, 2.05) is 16.8 Å². The summed E-state index contributed by atoms with van der Waals surface area (Å²) in [5, 5.41) is 13.9. The van der Waals surface area contributed by atoms with Crippen LogP contribution in [0.25, 0.3) is 0 Å². The molecule has 0 aliphatic carbocycles. The molecule has 3 N–H and O–H groups in total. The highest BCUT2D eigenvalue weighted by Crippen LogP contribution is 2.23. The molecule has 24 heavy (non-hydrogen) atoms. The van der Waals surface area contributed by atoms with E-state index in [4.69, 9.17) is 9.84 Å². The molecule has 2 aromatic rings. The average Bonchev–Trinajstić information content (AvgIpc) is 3.06. The lowest BCUT2D eigenvalue weighted by atomic mass is 10.3. The zero-order valence-electron chi connectivity index (χ0n) is 13.1. The van der Waals surface area contributed by atoms with E-state index < -0.39 is 12.0 Å². The lowest BCUT2D eigenvalue weighted by Crippen LogP contribution is -2.30. The Morgan fingerprint density at radius 3 is 2.88 bits per heavy atom. The van der Waals surface area contributed by atoms with E-state index in [0.29, 0.717) is 37.6 Å². The normalized spacial score (nSPS) is 10.2. The third-order valence-corrected chi connectivity index (χ3v) is 3.15. The van der Waals surface area contributed by atoms with Crippen molar-refractivity contribution in [1.29, 1.82) is 0 Å². The van der Waals surface area contributed by atoms with Crippen molar-refractivity contribution in [2.24, 2.45) is 0 Å². The van der Waals surface area contributed by atoms with Gasteiger partial charge in [0.1, 0.15) is 12.4 Å². The Balaban J connectivity index is 1.79. The molecule has 1 heterocycles. The maximum Gasteiger partial charge on any atom is 0.319 e. The monoisotopic (exact) mass is 332 g/mol. The highest BCUT2D eigenvalue weighted by Gasteiger charge is 2.07.